The summed E-state index contributed by atoms with van der Waals surface area (Å²) in [6.07, 6.45) is 6.84. The summed E-state index contributed by atoms with van der Waals surface area (Å²) in [4.78, 5) is 2.90. The summed E-state index contributed by atoms with van der Waals surface area (Å²) in [7, 11) is 0. The first-order valence-electron chi connectivity index (χ1n) is 9.11. The van der Waals surface area contributed by atoms with Crippen LogP contribution in [0.25, 0.3) is 0 Å². The van der Waals surface area contributed by atoms with Crippen molar-refractivity contribution in [2.75, 3.05) is 13.1 Å². The smallest absolute Gasteiger partial charge is 0.0221 e. The molecule has 1 heterocycles. The summed E-state index contributed by atoms with van der Waals surface area (Å²) >= 11 is 0. The Bertz CT molecular complexity index is 291. The zero-order valence-corrected chi connectivity index (χ0v) is 14.4. The van der Waals surface area contributed by atoms with Crippen molar-refractivity contribution in [3.63, 3.8) is 0 Å². The number of nitrogens with one attached hydrogen (secondary N) is 1. The van der Waals surface area contributed by atoms with Gasteiger partial charge in [-0.2, -0.15) is 0 Å². The van der Waals surface area contributed by atoms with E-state index >= 15 is 0 Å². The average molecular weight is 280 g/mol. The largest absolute Gasteiger partial charge is 0.311 e. The zero-order valence-electron chi connectivity index (χ0n) is 14.4. The lowest BCUT2D eigenvalue weighted by molar-refractivity contribution is 0.0457. The van der Waals surface area contributed by atoms with Gasteiger partial charge in [0.2, 0.25) is 0 Å². The molecule has 2 aliphatic rings. The van der Waals surface area contributed by atoms with Gasteiger partial charge in [0.05, 0.1) is 0 Å². The van der Waals surface area contributed by atoms with Crippen LogP contribution in [0.15, 0.2) is 0 Å². The molecule has 20 heavy (non-hydrogen) atoms. The molecule has 1 aliphatic heterocycles. The highest BCUT2D eigenvalue weighted by molar-refractivity contribution is 4.96. The third-order valence-electron chi connectivity index (χ3n) is 6.43. The zero-order chi connectivity index (χ0) is 14.7. The SMILES string of the molecule is CCC(C)C1CN(C2CCC(CC)C2C)C(CC)CN1. The Morgan fingerprint density at radius 2 is 1.90 bits per heavy atom. The van der Waals surface area contributed by atoms with Crippen LogP contribution in [0.5, 0.6) is 0 Å². The van der Waals surface area contributed by atoms with Crippen molar-refractivity contribution in [1.29, 1.82) is 0 Å². The fourth-order valence-electron chi connectivity index (χ4n) is 4.56. The van der Waals surface area contributed by atoms with Gasteiger partial charge in [0.1, 0.15) is 0 Å². The van der Waals surface area contributed by atoms with Crippen LogP contribution in [-0.2, 0) is 0 Å². The molecule has 118 valence electrons. The molecule has 2 fully saturated rings. The van der Waals surface area contributed by atoms with Gasteiger partial charge in [-0.3, -0.25) is 4.90 Å². The standard InChI is InChI=1S/C18H36N2/c1-6-13(4)17-12-20(16(8-3)11-19-17)18-10-9-15(7-2)14(18)5/h13-19H,6-12H2,1-5H3. The molecule has 0 aromatic rings. The molecule has 6 unspecified atom stereocenters. The summed E-state index contributed by atoms with van der Waals surface area (Å²) in [5, 5.41) is 3.82. The van der Waals surface area contributed by atoms with Crippen molar-refractivity contribution in [2.45, 2.75) is 84.8 Å². The minimum Gasteiger partial charge on any atom is -0.311 e. The number of hydrogen-bond donors (Lipinski definition) is 1. The van der Waals surface area contributed by atoms with E-state index in [2.05, 4.69) is 44.8 Å². The van der Waals surface area contributed by atoms with Gasteiger partial charge >= 0.3 is 0 Å². The summed E-state index contributed by atoms with van der Waals surface area (Å²) in [6.45, 7) is 14.5. The molecule has 1 saturated carbocycles. The predicted octanol–water partition coefficient (Wildman–Crippen LogP) is 3.91. The van der Waals surface area contributed by atoms with E-state index in [-0.39, 0.29) is 0 Å². The van der Waals surface area contributed by atoms with Gasteiger partial charge in [0.25, 0.3) is 0 Å². The lowest BCUT2D eigenvalue weighted by Gasteiger charge is -2.46. The third-order valence-corrected chi connectivity index (χ3v) is 6.43. The van der Waals surface area contributed by atoms with Crippen molar-refractivity contribution >= 4 is 0 Å². The first-order valence-corrected chi connectivity index (χ1v) is 9.11. The molecule has 1 N–H and O–H groups in total. The molecule has 0 aromatic heterocycles. The fraction of sp³-hybridized carbons (Fsp3) is 1.00. The van der Waals surface area contributed by atoms with Crippen LogP contribution >= 0.6 is 0 Å². The van der Waals surface area contributed by atoms with Gasteiger partial charge in [-0.1, -0.05) is 47.5 Å². The number of hydrogen-bond acceptors (Lipinski definition) is 2. The molecule has 2 nitrogen and oxygen atoms in total. The molecule has 0 amide bonds. The van der Waals surface area contributed by atoms with Crippen LogP contribution in [0.1, 0.15) is 66.7 Å². The topological polar surface area (TPSA) is 15.3 Å². The van der Waals surface area contributed by atoms with E-state index in [0.29, 0.717) is 6.04 Å². The molecule has 0 aromatic carbocycles. The maximum absolute atomic E-state index is 3.82. The Morgan fingerprint density at radius 3 is 2.45 bits per heavy atom. The van der Waals surface area contributed by atoms with Gasteiger partial charge in [-0.25, -0.2) is 0 Å². The second-order valence-corrected chi connectivity index (χ2v) is 7.33. The molecule has 2 heteroatoms. The number of nitrogens with zero attached hydrogens (tertiary/aromatic N) is 1. The quantitative estimate of drug-likeness (QED) is 0.821. The molecule has 6 atom stereocenters. The highest BCUT2D eigenvalue weighted by atomic mass is 15.3. The average Bonchev–Trinajstić information content (AvgIpc) is 2.86. The number of rotatable bonds is 5. The normalized spacial score (nSPS) is 41.0. The Hall–Kier alpha value is -0.0800. The van der Waals surface area contributed by atoms with E-state index in [4.69, 9.17) is 0 Å². The lowest BCUT2D eigenvalue weighted by atomic mass is 9.89. The highest BCUT2D eigenvalue weighted by Gasteiger charge is 2.40. The molecule has 0 radical (unpaired) electrons. The summed E-state index contributed by atoms with van der Waals surface area (Å²) in [5.41, 5.74) is 0. The van der Waals surface area contributed by atoms with E-state index in [9.17, 15) is 0 Å². The lowest BCUT2D eigenvalue weighted by Crippen LogP contribution is -2.61. The maximum Gasteiger partial charge on any atom is 0.0221 e. The molecule has 0 bridgehead atoms. The Morgan fingerprint density at radius 1 is 1.15 bits per heavy atom. The second-order valence-electron chi connectivity index (χ2n) is 7.33. The van der Waals surface area contributed by atoms with Gasteiger partial charge in [-0.05, 0) is 37.0 Å². The van der Waals surface area contributed by atoms with E-state index < -0.39 is 0 Å². The molecule has 1 aliphatic carbocycles. The number of piperazine rings is 1. The highest BCUT2D eigenvalue weighted by Crippen LogP contribution is 2.38. The summed E-state index contributed by atoms with van der Waals surface area (Å²) in [5.74, 6) is 2.66. The Kier molecular flexibility index (Phi) is 5.92. The van der Waals surface area contributed by atoms with Crippen molar-refractivity contribution < 1.29 is 0 Å². The predicted molar refractivity (Wildman–Crippen MR) is 88.0 cm³/mol. The van der Waals surface area contributed by atoms with Crippen molar-refractivity contribution in [1.82, 2.24) is 10.2 Å². The van der Waals surface area contributed by atoms with E-state index in [1.807, 2.05) is 0 Å². The molecular weight excluding hydrogens is 244 g/mol. The first-order chi connectivity index (χ1) is 9.62. The van der Waals surface area contributed by atoms with Crippen LogP contribution in [-0.4, -0.2) is 36.1 Å². The molecular formula is C18H36N2. The molecule has 0 spiro atoms. The first kappa shape index (κ1) is 16.3. The van der Waals surface area contributed by atoms with Crippen molar-refractivity contribution in [3.05, 3.63) is 0 Å². The van der Waals surface area contributed by atoms with E-state index in [1.165, 1.54) is 45.2 Å². The summed E-state index contributed by atoms with van der Waals surface area (Å²) < 4.78 is 0. The molecule has 2 rings (SSSR count). The van der Waals surface area contributed by atoms with Gasteiger partial charge in [-0.15, -0.1) is 0 Å². The van der Waals surface area contributed by atoms with Gasteiger partial charge in [0, 0.05) is 31.2 Å². The Balaban J connectivity index is 2.05. The van der Waals surface area contributed by atoms with Crippen LogP contribution in [0.2, 0.25) is 0 Å². The summed E-state index contributed by atoms with van der Waals surface area (Å²) in [6, 6.07) is 2.31. The van der Waals surface area contributed by atoms with Gasteiger partial charge in [0.15, 0.2) is 0 Å². The Labute approximate surface area is 126 Å². The minimum atomic E-state index is 0.704. The van der Waals surface area contributed by atoms with Crippen molar-refractivity contribution in [2.24, 2.45) is 17.8 Å². The molecule has 1 saturated heterocycles. The van der Waals surface area contributed by atoms with Crippen LogP contribution < -0.4 is 5.32 Å². The minimum absolute atomic E-state index is 0.704. The van der Waals surface area contributed by atoms with Crippen LogP contribution in [0.3, 0.4) is 0 Å². The second kappa shape index (κ2) is 7.26. The van der Waals surface area contributed by atoms with Crippen molar-refractivity contribution in [3.8, 4) is 0 Å². The van der Waals surface area contributed by atoms with E-state index in [1.54, 1.807) is 0 Å². The fourth-order valence-corrected chi connectivity index (χ4v) is 4.56. The third kappa shape index (κ3) is 3.22. The van der Waals surface area contributed by atoms with Crippen LogP contribution in [0, 0.1) is 17.8 Å². The van der Waals surface area contributed by atoms with Crippen LogP contribution in [0.4, 0.5) is 0 Å². The monoisotopic (exact) mass is 280 g/mol. The van der Waals surface area contributed by atoms with E-state index in [0.717, 1.165) is 29.8 Å². The van der Waals surface area contributed by atoms with Gasteiger partial charge < -0.3 is 5.32 Å². The maximum atomic E-state index is 3.82.